The summed E-state index contributed by atoms with van der Waals surface area (Å²) in [5.74, 6) is 1.17. The van der Waals surface area contributed by atoms with Crippen molar-refractivity contribution in [2.75, 3.05) is 52.9 Å². The average molecular weight is 1310 g/mol. The van der Waals surface area contributed by atoms with Gasteiger partial charge in [-0.1, -0.05) is 96.9 Å². The quantitative estimate of drug-likeness (QED) is 0.0325. The number of hydrogen-bond acceptors (Lipinski definition) is 17. The van der Waals surface area contributed by atoms with Crippen molar-refractivity contribution in [3.05, 3.63) is 0 Å². The number of epoxide rings is 2. The highest BCUT2D eigenvalue weighted by Crippen LogP contribution is 2.53. The zero-order valence-electron chi connectivity index (χ0n) is 54.0. The minimum atomic E-state index is -4.21. The van der Waals surface area contributed by atoms with Crippen molar-refractivity contribution in [1.82, 2.24) is 0 Å². The van der Waals surface area contributed by atoms with E-state index in [1.165, 1.54) is 12.8 Å². The van der Waals surface area contributed by atoms with Gasteiger partial charge in [0.2, 0.25) is 0 Å². The van der Waals surface area contributed by atoms with Crippen molar-refractivity contribution in [2.45, 2.75) is 241 Å². The molecule has 27 heteroatoms. The molecule has 4 bridgehead atoms. The van der Waals surface area contributed by atoms with Crippen LogP contribution in [0.25, 0.3) is 0 Å². The predicted molar refractivity (Wildman–Crippen MR) is 336 cm³/mol. The van der Waals surface area contributed by atoms with E-state index in [0.29, 0.717) is 81.3 Å². The Kier molecular flexibility index (Phi) is 25.9. The molecular weight excluding hydrogens is 1190 g/mol. The van der Waals surface area contributed by atoms with Crippen LogP contribution in [-0.4, -0.2) is 152 Å². The van der Waals surface area contributed by atoms with Crippen LogP contribution >= 0.6 is 0 Å². The fourth-order valence-corrected chi connectivity index (χ4v) is 68.2. The minimum Gasteiger partial charge on any atom is -0.416 e. The summed E-state index contributed by atoms with van der Waals surface area (Å²) in [5.41, 5.74) is 0. The van der Waals surface area contributed by atoms with Crippen LogP contribution in [0.15, 0.2) is 0 Å². The standard InChI is InChI=1S/C53H116O17Si10/c1-44(2)37-74(59-71(15,16)29-21-26-54-32-51-24-25-51)62-77(40-47(7)8)64-75(38-45(3)4,60-72(17,18)30-22-27-55-33-52-35-57-52)66-79(42-49(11)12)67-76(39-46(5)6,61-73(19,20)31-23-28-56-34-53-36-58-53)65-78(63-74,41-48(9)10)69-80(68-77,70-79)43-50(13)14/h44-53H,21-43H2,1-20H3. The van der Waals surface area contributed by atoms with E-state index in [2.05, 4.69) is 136 Å². The first-order chi connectivity index (χ1) is 37.1. The molecule has 1 saturated carbocycles. The van der Waals surface area contributed by atoms with Gasteiger partial charge in [-0.25, -0.2) is 0 Å². The average Bonchev–Trinajstić information content (AvgIpc) is 4.25. The fourth-order valence-electron chi connectivity index (χ4n) is 11.5. The molecule has 0 aromatic rings. The molecule has 5 saturated heterocycles. The highest BCUT2D eigenvalue weighted by molar-refractivity contribution is 7.01. The van der Waals surface area contributed by atoms with Gasteiger partial charge in [0.15, 0.2) is 25.0 Å². The van der Waals surface area contributed by atoms with Crippen LogP contribution in [-0.2, 0) is 73.1 Å². The second-order valence-corrected chi connectivity index (χ2v) is 63.6. The van der Waals surface area contributed by atoms with Gasteiger partial charge in [-0.3, -0.25) is 0 Å². The summed E-state index contributed by atoms with van der Waals surface area (Å²) in [5, 5.41) is 0. The number of rotatable bonds is 38. The largest absolute Gasteiger partial charge is 0.479 e. The van der Waals surface area contributed by atoms with Crippen molar-refractivity contribution in [3.63, 3.8) is 0 Å². The molecule has 0 aromatic carbocycles. The normalized spacial score (nSPS) is 33.3. The van der Waals surface area contributed by atoms with E-state index in [1.807, 2.05) is 0 Å². The lowest BCUT2D eigenvalue weighted by Crippen LogP contribution is -2.84. The van der Waals surface area contributed by atoms with Crippen molar-refractivity contribution in [2.24, 2.45) is 47.3 Å². The summed E-state index contributed by atoms with van der Waals surface area (Å²) in [6, 6.07) is 5.74. The lowest BCUT2D eigenvalue weighted by Gasteiger charge is -2.60. The molecule has 0 amide bonds. The van der Waals surface area contributed by atoms with Gasteiger partial charge in [0.05, 0.1) is 26.4 Å². The molecule has 6 fully saturated rings. The molecule has 5 heterocycles. The van der Waals surface area contributed by atoms with E-state index in [-0.39, 0.29) is 53.6 Å². The highest BCUT2D eigenvalue weighted by Gasteiger charge is 2.79. The summed E-state index contributed by atoms with van der Waals surface area (Å²) in [7, 11) is -37.3. The Morgan fingerprint density at radius 3 is 0.812 bits per heavy atom. The maximum Gasteiger partial charge on any atom is 0.479 e. The Bertz CT molecular complexity index is 1660. The van der Waals surface area contributed by atoms with Crippen molar-refractivity contribution in [1.29, 1.82) is 0 Å². The Labute approximate surface area is 497 Å². The minimum absolute atomic E-state index is 0.0556. The van der Waals surface area contributed by atoms with E-state index in [1.54, 1.807) is 0 Å². The number of hydrogen-bond donors (Lipinski definition) is 0. The summed E-state index contributed by atoms with van der Waals surface area (Å²) in [6.07, 6.45) is 5.45. The van der Waals surface area contributed by atoms with E-state index in [4.69, 9.17) is 73.1 Å². The third-order valence-corrected chi connectivity index (χ3v) is 61.0. The molecule has 0 spiro atoms. The maximum atomic E-state index is 8.37. The van der Waals surface area contributed by atoms with Crippen molar-refractivity contribution < 1.29 is 73.1 Å². The van der Waals surface area contributed by atoms with Crippen LogP contribution in [0, 0.1) is 47.3 Å². The SMILES string of the molecule is CC(C)C[Si]1(O[Si](C)(C)CCCOCC2CC2)O[Si]2(CC(C)C)O[Si](CC(C)C)(O[Si](C)(C)CCCOCC3CO3)O[Si]3(CC(C)C)O[Si](CC(C)C)(O[Si](C)(C)CCCOCC4CO4)O[Si](CC(C)C)(O1)O[Si](CC(C)C)(O2)O3. The zero-order chi connectivity index (χ0) is 59.1. The number of ether oxygens (including phenoxy) is 5. The van der Waals surface area contributed by atoms with Gasteiger partial charge in [-0.05, 0) is 137 Å². The van der Waals surface area contributed by atoms with Crippen molar-refractivity contribution >= 4 is 86.6 Å². The molecule has 0 N–H and O–H groups in total. The Morgan fingerprint density at radius 1 is 0.350 bits per heavy atom. The van der Waals surface area contributed by atoms with Crippen LogP contribution in [0.3, 0.4) is 0 Å². The van der Waals surface area contributed by atoms with Gasteiger partial charge in [-0.15, -0.1) is 0 Å². The molecule has 6 unspecified atom stereocenters. The molecule has 0 radical (unpaired) electrons. The molecule has 0 aromatic heterocycles. The summed E-state index contributed by atoms with van der Waals surface area (Å²) in [6.45, 7) is 50.5. The highest BCUT2D eigenvalue weighted by atomic mass is 28.6. The van der Waals surface area contributed by atoms with Gasteiger partial charge in [0, 0.05) is 68.7 Å². The van der Waals surface area contributed by atoms with E-state index < -0.39 is 86.6 Å². The van der Waals surface area contributed by atoms with Gasteiger partial charge in [0.25, 0.3) is 0 Å². The number of fused-ring (bicyclic) bond motifs is 3. The van der Waals surface area contributed by atoms with E-state index >= 15 is 0 Å². The molecular formula is C53H116O17Si10. The topological polar surface area (TPSA) is 164 Å². The van der Waals surface area contributed by atoms with Crippen LogP contribution in [0.2, 0.25) is 99.7 Å². The molecule has 6 rings (SSSR count). The van der Waals surface area contributed by atoms with Gasteiger partial charge in [0.1, 0.15) is 12.2 Å². The van der Waals surface area contributed by atoms with Gasteiger partial charge in [-0.2, -0.15) is 0 Å². The van der Waals surface area contributed by atoms with Crippen LogP contribution in [0.1, 0.15) is 129 Å². The maximum absolute atomic E-state index is 8.37. The first-order valence-corrected chi connectivity index (χ1v) is 54.4. The summed E-state index contributed by atoms with van der Waals surface area (Å²) >= 11 is 0. The molecule has 5 aliphatic heterocycles. The lowest BCUT2D eigenvalue weighted by molar-refractivity contribution is 0.00627. The summed E-state index contributed by atoms with van der Waals surface area (Å²) < 4.78 is 129. The second-order valence-electron chi connectivity index (χ2n) is 29.4. The second kappa shape index (κ2) is 29.4. The predicted octanol–water partition coefficient (Wildman–Crippen LogP) is 13.4. The fraction of sp³-hybridized carbons (Fsp3) is 1.00. The van der Waals surface area contributed by atoms with Gasteiger partial charge < -0.3 is 73.1 Å². The van der Waals surface area contributed by atoms with Crippen LogP contribution in [0.5, 0.6) is 0 Å². The molecule has 17 nitrogen and oxygen atoms in total. The molecule has 470 valence electrons. The van der Waals surface area contributed by atoms with E-state index in [9.17, 15) is 0 Å². The third-order valence-electron chi connectivity index (χ3n) is 14.4. The Morgan fingerprint density at radius 2 is 0.588 bits per heavy atom. The molecule has 1 aliphatic carbocycles. The smallest absolute Gasteiger partial charge is 0.416 e. The molecule has 80 heavy (non-hydrogen) atoms. The van der Waals surface area contributed by atoms with Crippen LogP contribution in [0.4, 0.5) is 0 Å². The molecule has 6 atom stereocenters. The Hall–Kier alpha value is 1.49. The Balaban J connectivity index is 1.65. The van der Waals surface area contributed by atoms with Gasteiger partial charge >= 0.3 is 61.6 Å². The van der Waals surface area contributed by atoms with Crippen LogP contribution < -0.4 is 0 Å². The third kappa shape index (κ3) is 23.5. The first-order valence-electron chi connectivity index (χ1n) is 31.5. The monoisotopic (exact) mass is 1300 g/mol. The lowest BCUT2D eigenvalue weighted by atomic mass is 10.3. The van der Waals surface area contributed by atoms with Crippen molar-refractivity contribution in [3.8, 4) is 0 Å². The van der Waals surface area contributed by atoms with E-state index in [0.717, 1.165) is 57.2 Å². The zero-order valence-corrected chi connectivity index (χ0v) is 64.0. The summed E-state index contributed by atoms with van der Waals surface area (Å²) in [4.78, 5) is 0. The molecule has 6 aliphatic rings. The first kappa shape index (κ1) is 70.6.